The maximum atomic E-state index is 12.3. The molecule has 20 heavy (non-hydrogen) atoms. The third-order valence-corrected chi connectivity index (χ3v) is 5.08. The fourth-order valence-electron chi connectivity index (χ4n) is 4.03. The van der Waals surface area contributed by atoms with Crippen LogP contribution in [0.5, 0.6) is 0 Å². The van der Waals surface area contributed by atoms with Gasteiger partial charge in [0.15, 0.2) is 0 Å². The topological polar surface area (TPSA) is 58.6 Å². The normalized spacial score (nSPS) is 37.8. The van der Waals surface area contributed by atoms with Crippen LogP contribution < -0.4 is 5.32 Å². The number of carbonyl (C=O) groups excluding carboxylic acids is 2. The van der Waals surface area contributed by atoms with Crippen LogP contribution in [0.2, 0.25) is 0 Å². The predicted octanol–water partition coefficient (Wildman–Crippen LogP) is 2.06. The molecule has 1 aliphatic carbocycles. The van der Waals surface area contributed by atoms with Crippen molar-refractivity contribution in [2.24, 2.45) is 5.92 Å². The number of imide groups is 1. The minimum absolute atomic E-state index is 0.0820. The third kappa shape index (κ3) is 2.32. The second kappa shape index (κ2) is 5.35. The summed E-state index contributed by atoms with van der Waals surface area (Å²) in [5, 5.41) is 2.53. The van der Waals surface area contributed by atoms with E-state index in [2.05, 4.69) is 12.2 Å². The number of nitrogens with zero attached hydrogens (tertiary/aromatic N) is 1. The average molecular weight is 280 g/mol. The Morgan fingerprint density at radius 3 is 2.90 bits per heavy atom. The molecule has 1 N–H and O–H groups in total. The molecule has 3 amide bonds. The molecule has 0 bridgehead atoms. The fourth-order valence-corrected chi connectivity index (χ4v) is 4.03. The van der Waals surface area contributed by atoms with E-state index in [1.54, 1.807) is 4.90 Å². The smallest absolute Gasteiger partial charge is 0.325 e. The Kier molecular flexibility index (Phi) is 3.71. The molecule has 2 heterocycles. The Bertz CT molecular complexity index is 406. The molecular weight excluding hydrogens is 256 g/mol. The van der Waals surface area contributed by atoms with Gasteiger partial charge >= 0.3 is 6.03 Å². The molecule has 0 aromatic rings. The summed E-state index contributed by atoms with van der Waals surface area (Å²) in [5.41, 5.74) is -0.576. The predicted molar refractivity (Wildman–Crippen MR) is 74.2 cm³/mol. The number of ether oxygens (including phenoxy) is 1. The summed E-state index contributed by atoms with van der Waals surface area (Å²) in [5.74, 6) is 0.423. The van der Waals surface area contributed by atoms with E-state index in [1.165, 1.54) is 0 Å². The maximum Gasteiger partial charge on any atom is 0.325 e. The first-order valence-electron chi connectivity index (χ1n) is 7.86. The molecule has 5 heteroatoms. The van der Waals surface area contributed by atoms with Crippen LogP contribution in [0.3, 0.4) is 0 Å². The van der Waals surface area contributed by atoms with Gasteiger partial charge in [-0.15, -0.1) is 0 Å². The van der Waals surface area contributed by atoms with Crippen molar-refractivity contribution in [3.63, 3.8) is 0 Å². The van der Waals surface area contributed by atoms with Crippen LogP contribution in [0, 0.1) is 5.92 Å². The number of carbonyl (C=O) groups is 2. The zero-order valence-electron chi connectivity index (χ0n) is 12.2. The first-order chi connectivity index (χ1) is 9.62. The number of hydrogen-bond acceptors (Lipinski definition) is 3. The lowest BCUT2D eigenvalue weighted by atomic mass is 9.75. The molecule has 3 rings (SSSR count). The zero-order chi connectivity index (χ0) is 14.2. The number of urea groups is 1. The molecule has 0 radical (unpaired) electrons. The lowest BCUT2D eigenvalue weighted by Crippen LogP contribution is -2.53. The number of rotatable bonds is 3. The summed E-state index contributed by atoms with van der Waals surface area (Å²) in [6.45, 7) is 3.64. The van der Waals surface area contributed by atoms with Crippen molar-refractivity contribution in [1.29, 1.82) is 0 Å². The van der Waals surface area contributed by atoms with Crippen molar-refractivity contribution >= 4 is 11.9 Å². The van der Waals surface area contributed by atoms with E-state index in [1.807, 2.05) is 0 Å². The van der Waals surface area contributed by atoms with Crippen LogP contribution in [-0.4, -0.2) is 41.6 Å². The minimum Gasteiger partial charge on any atom is -0.378 e. The van der Waals surface area contributed by atoms with E-state index >= 15 is 0 Å². The average Bonchev–Trinajstić information content (AvgIpc) is 2.98. The molecule has 0 aromatic heterocycles. The largest absolute Gasteiger partial charge is 0.378 e. The molecule has 3 aliphatic rings. The van der Waals surface area contributed by atoms with Crippen molar-refractivity contribution in [3.05, 3.63) is 0 Å². The van der Waals surface area contributed by atoms with Gasteiger partial charge in [-0.1, -0.05) is 19.8 Å². The van der Waals surface area contributed by atoms with Crippen molar-refractivity contribution in [1.82, 2.24) is 10.2 Å². The maximum absolute atomic E-state index is 12.3. The summed E-state index contributed by atoms with van der Waals surface area (Å²) in [4.78, 5) is 26.2. The Balaban J connectivity index is 1.71. The molecule has 3 unspecified atom stereocenters. The highest BCUT2D eigenvalue weighted by Gasteiger charge is 2.53. The zero-order valence-corrected chi connectivity index (χ0v) is 12.2. The molecule has 5 nitrogen and oxygen atoms in total. The lowest BCUT2D eigenvalue weighted by Gasteiger charge is -2.41. The molecule has 3 fully saturated rings. The standard InChI is InChI=1S/C15H24N2O3/c1-11-4-2-7-15(10-11)13(18)16-14(19)17(15)8-6-12-5-3-9-20-12/h11-12H,2-10H2,1H3,(H,16,18,19). The van der Waals surface area contributed by atoms with E-state index in [0.717, 1.165) is 51.6 Å². The van der Waals surface area contributed by atoms with E-state index in [0.29, 0.717) is 12.5 Å². The van der Waals surface area contributed by atoms with Gasteiger partial charge in [0.05, 0.1) is 6.10 Å². The van der Waals surface area contributed by atoms with Gasteiger partial charge in [-0.2, -0.15) is 0 Å². The molecule has 3 atom stereocenters. The summed E-state index contributed by atoms with van der Waals surface area (Å²) < 4.78 is 5.63. The molecule has 112 valence electrons. The van der Waals surface area contributed by atoms with E-state index in [4.69, 9.17) is 4.74 Å². The minimum atomic E-state index is -0.576. The summed E-state index contributed by atoms with van der Waals surface area (Å²) >= 11 is 0. The number of amides is 3. The molecule has 0 aromatic carbocycles. The van der Waals surface area contributed by atoms with E-state index < -0.39 is 5.54 Å². The van der Waals surface area contributed by atoms with Crippen LogP contribution in [0.4, 0.5) is 4.79 Å². The molecule has 1 spiro atoms. The molecule has 2 aliphatic heterocycles. The van der Waals surface area contributed by atoms with Gasteiger partial charge in [0.25, 0.3) is 5.91 Å². The fraction of sp³-hybridized carbons (Fsp3) is 0.867. The number of hydrogen-bond donors (Lipinski definition) is 1. The van der Waals surface area contributed by atoms with Crippen LogP contribution in [-0.2, 0) is 9.53 Å². The SMILES string of the molecule is CC1CCCC2(C1)C(=O)NC(=O)N2CCC1CCCO1. The van der Waals surface area contributed by atoms with Crippen molar-refractivity contribution in [2.45, 2.75) is 63.5 Å². The van der Waals surface area contributed by atoms with Gasteiger partial charge in [-0.25, -0.2) is 4.79 Å². The highest BCUT2D eigenvalue weighted by molar-refractivity contribution is 6.07. The first kappa shape index (κ1) is 13.9. The first-order valence-corrected chi connectivity index (χ1v) is 7.86. The second-order valence-corrected chi connectivity index (χ2v) is 6.57. The van der Waals surface area contributed by atoms with Crippen molar-refractivity contribution in [3.8, 4) is 0 Å². The Hall–Kier alpha value is -1.10. The van der Waals surface area contributed by atoms with Gasteiger partial charge in [0.1, 0.15) is 5.54 Å². The Morgan fingerprint density at radius 2 is 2.20 bits per heavy atom. The molecular formula is C15H24N2O3. The summed E-state index contributed by atoms with van der Waals surface area (Å²) in [6.07, 6.45) is 7.08. The van der Waals surface area contributed by atoms with Crippen molar-refractivity contribution < 1.29 is 14.3 Å². The Labute approximate surface area is 120 Å². The summed E-state index contributed by atoms with van der Waals surface area (Å²) in [6, 6.07) is -0.206. The van der Waals surface area contributed by atoms with Crippen molar-refractivity contribution in [2.75, 3.05) is 13.2 Å². The van der Waals surface area contributed by atoms with Crippen LogP contribution in [0.15, 0.2) is 0 Å². The lowest BCUT2D eigenvalue weighted by molar-refractivity contribution is -0.129. The summed E-state index contributed by atoms with van der Waals surface area (Å²) in [7, 11) is 0. The molecule has 2 saturated heterocycles. The highest BCUT2D eigenvalue weighted by Crippen LogP contribution is 2.40. The van der Waals surface area contributed by atoms with Crippen LogP contribution in [0.25, 0.3) is 0 Å². The van der Waals surface area contributed by atoms with E-state index in [9.17, 15) is 9.59 Å². The highest BCUT2D eigenvalue weighted by atomic mass is 16.5. The van der Waals surface area contributed by atoms with E-state index in [-0.39, 0.29) is 18.0 Å². The van der Waals surface area contributed by atoms with Gasteiger partial charge in [-0.3, -0.25) is 10.1 Å². The second-order valence-electron chi connectivity index (χ2n) is 6.57. The van der Waals surface area contributed by atoms with Gasteiger partial charge in [0.2, 0.25) is 0 Å². The third-order valence-electron chi connectivity index (χ3n) is 5.08. The number of nitrogens with one attached hydrogen (secondary N) is 1. The Morgan fingerprint density at radius 1 is 1.35 bits per heavy atom. The quantitative estimate of drug-likeness (QED) is 0.805. The monoisotopic (exact) mass is 280 g/mol. The van der Waals surface area contributed by atoms with Crippen LogP contribution >= 0.6 is 0 Å². The van der Waals surface area contributed by atoms with Gasteiger partial charge in [0, 0.05) is 13.2 Å². The molecule has 1 saturated carbocycles. The van der Waals surface area contributed by atoms with Gasteiger partial charge < -0.3 is 9.64 Å². The van der Waals surface area contributed by atoms with Gasteiger partial charge in [-0.05, 0) is 38.0 Å². The van der Waals surface area contributed by atoms with Crippen LogP contribution in [0.1, 0.15) is 51.9 Å².